The number of rotatable bonds is 1. The molecule has 2 nitrogen and oxygen atoms in total. The smallest absolute Gasteiger partial charge is 0.0425 e. The van der Waals surface area contributed by atoms with Gasteiger partial charge in [-0.25, -0.2) is 0 Å². The number of nitrogens with two attached hydrogens (primary N) is 1. The Morgan fingerprint density at radius 3 is 2.88 bits per heavy atom. The third-order valence-electron chi connectivity index (χ3n) is 3.85. The standard InChI is InChI=1S/C14H22N2/c1-11-4-3-6-14(15,7-5-11)13-8-12(2)9-16-10-13/h8-11H,3-7,15H2,1-2H3. The number of hydrogen-bond acceptors (Lipinski definition) is 2. The lowest BCUT2D eigenvalue weighted by atomic mass is 9.84. The summed E-state index contributed by atoms with van der Waals surface area (Å²) in [5.41, 5.74) is 8.87. The molecule has 1 aliphatic carbocycles. The van der Waals surface area contributed by atoms with Crippen molar-refractivity contribution in [2.24, 2.45) is 11.7 Å². The van der Waals surface area contributed by atoms with Crippen LogP contribution in [0.2, 0.25) is 0 Å². The summed E-state index contributed by atoms with van der Waals surface area (Å²) < 4.78 is 0. The van der Waals surface area contributed by atoms with Gasteiger partial charge in [-0.3, -0.25) is 4.98 Å². The van der Waals surface area contributed by atoms with Crippen LogP contribution in [-0.2, 0) is 5.54 Å². The molecule has 2 rings (SSSR count). The van der Waals surface area contributed by atoms with Crippen LogP contribution in [0.1, 0.15) is 50.2 Å². The van der Waals surface area contributed by atoms with E-state index in [0.29, 0.717) is 0 Å². The minimum absolute atomic E-state index is 0.135. The van der Waals surface area contributed by atoms with E-state index in [1.54, 1.807) is 0 Å². The van der Waals surface area contributed by atoms with Gasteiger partial charge in [-0.2, -0.15) is 0 Å². The van der Waals surface area contributed by atoms with Crippen molar-refractivity contribution in [1.82, 2.24) is 4.98 Å². The Kier molecular flexibility index (Phi) is 3.29. The molecular weight excluding hydrogens is 196 g/mol. The zero-order valence-electron chi connectivity index (χ0n) is 10.4. The van der Waals surface area contributed by atoms with E-state index < -0.39 is 0 Å². The molecule has 0 saturated heterocycles. The van der Waals surface area contributed by atoms with Crippen molar-refractivity contribution >= 4 is 0 Å². The molecule has 0 aromatic carbocycles. The highest BCUT2D eigenvalue weighted by atomic mass is 14.8. The first-order chi connectivity index (χ1) is 7.60. The summed E-state index contributed by atoms with van der Waals surface area (Å²) in [6.45, 7) is 4.42. The van der Waals surface area contributed by atoms with E-state index >= 15 is 0 Å². The first kappa shape index (κ1) is 11.6. The Morgan fingerprint density at radius 2 is 2.12 bits per heavy atom. The molecule has 1 aromatic heterocycles. The van der Waals surface area contributed by atoms with E-state index in [4.69, 9.17) is 5.73 Å². The molecule has 16 heavy (non-hydrogen) atoms. The van der Waals surface area contributed by atoms with Crippen LogP contribution in [0.25, 0.3) is 0 Å². The monoisotopic (exact) mass is 218 g/mol. The number of aromatic nitrogens is 1. The highest BCUT2D eigenvalue weighted by Crippen LogP contribution is 2.35. The fourth-order valence-corrected chi connectivity index (χ4v) is 2.66. The van der Waals surface area contributed by atoms with E-state index in [9.17, 15) is 0 Å². The van der Waals surface area contributed by atoms with Gasteiger partial charge >= 0.3 is 0 Å². The molecular formula is C14H22N2. The van der Waals surface area contributed by atoms with Crippen molar-refractivity contribution in [1.29, 1.82) is 0 Å². The molecule has 1 aromatic rings. The molecule has 0 radical (unpaired) electrons. The Bertz CT molecular complexity index is 362. The topological polar surface area (TPSA) is 38.9 Å². The Morgan fingerprint density at radius 1 is 1.31 bits per heavy atom. The second-order valence-corrected chi connectivity index (χ2v) is 5.44. The third-order valence-corrected chi connectivity index (χ3v) is 3.85. The average Bonchev–Trinajstić information content (AvgIpc) is 2.42. The lowest BCUT2D eigenvalue weighted by Gasteiger charge is -2.28. The van der Waals surface area contributed by atoms with Gasteiger partial charge in [0.05, 0.1) is 0 Å². The van der Waals surface area contributed by atoms with Crippen LogP contribution in [-0.4, -0.2) is 4.98 Å². The maximum atomic E-state index is 6.57. The molecule has 1 fully saturated rings. The van der Waals surface area contributed by atoms with E-state index in [-0.39, 0.29) is 5.54 Å². The fraction of sp³-hybridized carbons (Fsp3) is 0.643. The van der Waals surface area contributed by atoms with Crippen LogP contribution in [0.15, 0.2) is 18.5 Å². The molecule has 0 amide bonds. The van der Waals surface area contributed by atoms with Gasteiger partial charge in [0.1, 0.15) is 0 Å². The van der Waals surface area contributed by atoms with Crippen LogP contribution < -0.4 is 5.73 Å². The van der Waals surface area contributed by atoms with Crippen LogP contribution in [0, 0.1) is 12.8 Å². The van der Waals surface area contributed by atoms with Crippen molar-refractivity contribution in [2.75, 3.05) is 0 Å². The lowest BCUT2D eigenvalue weighted by Crippen LogP contribution is -2.36. The SMILES string of the molecule is Cc1cncc(C2(N)CCCC(C)CC2)c1. The normalized spacial score (nSPS) is 31.1. The van der Waals surface area contributed by atoms with Gasteiger partial charge in [-0.1, -0.05) is 25.8 Å². The summed E-state index contributed by atoms with van der Waals surface area (Å²) in [4.78, 5) is 4.27. The quantitative estimate of drug-likeness (QED) is 0.735. The van der Waals surface area contributed by atoms with Crippen LogP contribution in [0.3, 0.4) is 0 Å². The molecule has 88 valence electrons. The summed E-state index contributed by atoms with van der Waals surface area (Å²) >= 11 is 0. The molecule has 0 aliphatic heterocycles. The molecule has 1 saturated carbocycles. The van der Waals surface area contributed by atoms with Gasteiger partial charge in [0.15, 0.2) is 0 Å². The molecule has 0 spiro atoms. The highest BCUT2D eigenvalue weighted by molar-refractivity contribution is 5.24. The van der Waals surface area contributed by atoms with E-state index in [1.807, 2.05) is 12.4 Å². The predicted octanol–water partition coefficient (Wildman–Crippen LogP) is 3.14. The zero-order chi connectivity index (χ0) is 11.6. The molecule has 2 heteroatoms. The molecule has 1 heterocycles. The van der Waals surface area contributed by atoms with E-state index in [0.717, 1.165) is 18.8 Å². The van der Waals surface area contributed by atoms with Gasteiger partial charge in [-0.05, 0) is 43.2 Å². The van der Waals surface area contributed by atoms with Crippen LogP contribution in [0.4, 0.5) is 0 Å². The Balaban J connectivity index is 2.23. The van der Waals surface area contributed by atoms with Gasteiger partial charge in [0, 0.05) is 17.9 Å². The third kappa shape index (κ3) is 2.43. The number of pyridine rings is 1. The van der Waals surface area contributed by atoms with Crippen molar-refractivity contribution in [2.45, 2.75) is 51.5 Å². The molecule has 0 bridgehead atoms. The number of hydrogen-bond donors (Lipinski definition) is 1. The first-order valence-electron chi connectivity index (χ1n) is 6.31. The lowest BCUT2D eigenvalue weighted by molar-refractivity contribution is 0.377. The van der Waals surface area contributed by atoms with Crippen molar-refractivity contribution in [3.63, 3.8) is 0 Å². The summed E-state index contributed by atoms with van der Waals surface area (Å²) in [5.74, 6) is 0.822. The molecule has 2 unspecified atom stereocenters. The predicted molar refractivity (Wildman–Crippen MR) is 67.1 cm³/mol. The van der Waals surface area contributed by atoms with Gasteiger partial charge in [0.2, 0.25) is 0 Å². The van der Waals surface area contributed by atoms with E-state index in [2.05, 4.69) is 24.9 Å². The van der Waals surface area contributed by atoms with Crippen LogP contribution >= 0.6 is 0 Å². The molecule has 2 atom stereocenters. The summed E-state index contributed by atoms with van der Waals surface area (Å²) in [7, 11) is 0. The average molecular weight is 218 g/mol. The maximum Gasteiger partial charge on any atom is 0.0425 e. The van der Waals surface area contributed by atoms with Crippen molar-refractivity contribution in [3.05, 3.63) is 29.6 Å². The van der Waals surface area contributed by atoms with Gasteiger partial charge in [-0.15, -0.1) is 0 Å². The minimum atomic E-state index is -0.135. The Labute approximate surface area is 98.3 Å². The maximum absolute atomic E-state index is 6.57. The van der Waals surface area contributed by atoms with E-state index in [1.165, 1.54) is 30.4 Å². The minimum Gasteiger partial charge on any atom is -0.321 e. The van der Waals surface area contributed by atoms with Crippen molar-refractivity contribution < 1.29 is 0 Å². The fourth-order valence-electron chi connectivity index (χ4n) is 2.66. The first-order valence-corrected chi connectivity index (χ1v) is 6.31. The van der Waals surface area contributed by atoms with Crippen molar-refractivity contribution in [3.8, 4) is 0 Å². The summed E-state index contributed by atoms with van der Waals surface area (Å²) in [6.07, 6.45) is 9.84. The van der Waals surface area contributed by atoms with Gasteiger partial charge in [0.25, 0.3) is 0 Å². The Hall–Kier alpha value is -0.890. The highest BCUT2D eigenvalue weighted by Gasteiger charge is 2.30. The molecule has 1 aliphatic rings. The largest absolute Gasteiger partial charge is 0.321 e. The second kappa shape index (κ2) is 4.54. The second-order valence-electron chi connectivity index (χ2n) is 5.44. The van der Waals surface area contributed by atoms with Crippen LogP contribution in [0.5, 0.6) is 0 Å². The molecule has 2 N–H and O–H groups in total. The summed E-state index contributed by atoms with van der Waals surface area (Å²) in [5, 5.41) is 0. The number of aryl methyl sites for hydroxylation is 1. The zero-order valence-corrected chi connectivity index (χ0v) is 10.4. The van der Waals surface area contributed by atoms with Gasteiger partial charge < -0.3 is 5.73 Å². The number of nitrogens with zero attached hydrogens (tertiary/aromatic N) is 1. The summed E-state index contributed by atoms with van der Waals surface area (Å²) in [6, 6.07) is 2.20.